The van der Waals surface area contributed by atoms with Gasteiger partial charge in [-0.3, -0.25) is 4.79 Å². The van der Waals surface area contributed by atoms with E-state index in [0.717, 1.165) is 11.8 Å². The van der Waals surface area contributed by atoms with Gasteiger partial charge >= 0.3 is 0 Å². The van der Waals surface area contributed by atoms with Gasteiger partial charge in [-0.05, 0) is 30.3 Å². The normalized spacial score (nSPS) is 10.1. The molecule has 0 bridgehead atoms. The van der Waals surface area contributed by atoms with E-state index in [1.807, 2.05) is 30.3 Å². The number of carbonyl (C=O) groups is 1. The molecule has 0 atom stereocenters. The second kappa shape index (κ2) is 6.56. The van der Waals surface area contributed by atoms with Crippen molar-refractivity contribution < 1.29 is 13.9 Å². The fraction of sp³-hybridized carbons (Fsp3) is 0.133. The molecule has 0 aliphatic rings. The molecule has 20 heavy (non-hydrogen) atoms. The van der Waals surface area contributed by atoms with Crippen LogP contribution in [0.4, 0.5) is 10.1 Å². The van der Waals surface area contributed by atoms with Crippen molar-refractivity contribution in [3.05, 3.63) is 59.9 Å². The largest absolute Gasteiger partial charge is 0.492 e. The molecule has 0 heterocycles. The Morgan fingerprint density at radius 1 is 1.20 bits per heavy atom. The minimum absolute atomic E-state index is 0.129. The zero-order chi connectivity index (χ0) is 14.4. The Kier molecular flexibility index (Phi) is 4.55. The van der Waals surface area contributed by atoms with Crippen LogP contribution in [0.15, 0.2) is 48.5 Å². The van der Waals surface area contributed by atoms with Crippen LogP contribution in [0.25, 0.3) is 0 Å². The number of amides is 1. The summed E-state index contributed by atoms with van der Waals surface area (Å²) in [6.07, 6.45) is 0. The molecule has 0 radical (unpaired) electrons. The molecule has 5 heteroatoms. The number of benzene rings is 2. The average Bonchev–Trinajstić information content (AvgIpc) is 2.47. The van der Waals surface area contributed by atoms with Gasteiger partial charge in [-0.1, -0.05) is 18.2 Å². The number of hydrogen-bond acceptors (Lipinski definition) is 3. The highest BCUT2D eigenvalue weighted by Gasteiger charge is 2.10. The lowest BCUT2D eigenvalue weighted by Gasteiger charge is -2.09. The first kappa shape index (κ1) is 13.9. The lowest BCUT2D eigenvalue weighted by atomic mass is 10.1. The Hall–Kier alpha value is -2.56. The summed E-state index contributed by atoms with van der Waals surface area (Å²) in [7, 11) is 0. The van der Waals surface area contributed by atoms with E-state index in [1.165, 1.54) is 12.1 Å². The van der Waals surface area contributed by atoms with E-state index in [9.17, 15) is 9.18 Å². The maximum Gasteiger partial charge on any atom is 0.253 e. The molecule has 0 saturated carbocycles. The fourth-order valence-electron chi connectivity index (χ4n) is 1.67. The van der Waals surface area contributed by atoms with E-state index in [0.29, 0.717) is 13.2 Å². The van der Waals surface area contributed by atoms with Crippen molar-refractivity contribution in [3.63, 3.8) is 0 Å². The lowest BCUT2D eigenvalue weighted by molar-refractivity contribution is 0.0947. The standard InChI is InChI=1S/C15H15FN2O2/c16-11-6-7-14(17)13(10-11)15(19)18-8-9-20-12-4-2-1-3-5-12/h1-7,10H,8-9,17H2,(H,18,19). The molecule has 0 fully saturated rings. The van der Waals surface area contributed by atoms with Gasteiger partial charge in [0.25, 0.3) is 5.91 Å². The predicted molar refractivity (Wildman–Crippen MR) is 75.1 cm³/mol. The number of para-hydroxylation sites is 1. The number of nitrogens with one attached hydrogen (secondary N) is 1. The molecular weight excluding hydrogens is 259 g/mol. The van der Waals surface area contributed by atoms with Crippen molar-refractivity contribution >= 4 is 11.6 Å². The third kappa shape index (κ3) is 3.71. The van der Waals surface area contributed by atoms with Crippen LogP contribution in [-0.4, -0.2) is 19.1 Å². The molecule has 4 nitrogen and oxygen atoms in total. The highest BCUT2D eigenvalue weighted by atomic mass is 19.1. The van der Waals surface area contributed by atoms with Crippen molar-refractivity contribution in [1.29, 1.82) is 0 Å². The summed E-state index contributed by atoms with van der Waals surface area (Å²) in [5.41, 5.74) is 6.00. The Morgan fingerprint density at radius 3 is 2.70 bits per heavy atom. The highest BCUT2D eigenvalue weighted by molar-refractivity contribution is 5.99. The first-order chi connectivity index (χ1) is 9.66. The lowest BCUT2D eigenvalue weighted by Crippen LogP contribution is -2.28. The number of anilines is 1. The van der Waals surface area contributed by atoms with Crippen LogP contribution < -0.4 is 15.8 Å². The number of rotatable bonds is 5. The van der Waals surface area contributed by atoms with Crippen molar-refractivity contribution in [1.82, 2.24) is 5.32 Å². The van der Waals surface area contributed by atoms with Crippen molar-refractivity contribution in [3.8, 4) is 5.75 Å². The van der Waals surface area contributed by atoms with Crippen molar-refractivity contribution in [2.75, 3.05) is 18.9 Å². The summed E-state index contributed by atoms with van der Waals surface area (Å²) in [5, 5.41) is 2.63. The van der Waals surface area contributed by atoms with Crippen LogP contribution >= 0.6 is 0 Å². The van der Waals surface area contributed by atoms with Crippen LogP contribution in [0.1, 0.15) is 10.4 Å². The first-order valence-corrected chi connectivity index (χ1v) is 6.18. The molecule has 2 rings (SSSR count). The first-order valence-electron chi connectivity index (χ1n) is 6.18. The van der Waals surface area contributed by atoms with E-state index < -0.39 is 11.7 Å². The smallest absolute Gasteiger partial charge is 0.253 e. The number of carbonyl (C=O) groups excluding carboxylic acids is 1. The van der Waals surface area contributed by atoms with E-state index >= 15 is 0 Å². The van der Waals surface area contributed by atoms with Crippen LogP contribution in [0, 0.1) is 5.82 Å². The second-order valence-corrected chi connectivity index (χ2v) is 4.15. The number of ether oxygens (including phenoxy) is 1. The van der Waals surface area contributed by atoms with E-state index in [4.69, 9.17) is 10.5 Å². The Morgan fingerprint density at radius 2 is 1.95 bits per heavy atom. The van der Waals surface area contributed by atoms with E-state index in [1.54, 1.807) is 0 Å². The number of halogens is 1. The molecule has 104 valence electrons. The number of nitrogen functional groups attached to an aromatic ring is 1. The van der Waals surface area contributed by atoms with Crippen LogP contribution in [0.2, 0.25) is 0 Å². The summed E-state index contributed by atoms with van der Waals surface area (Å²) in [5.74, 6) is -0.185. The molecule has 0 aliphatic heterocycles. The number of hydrogen-bond donors (Lipinski definition) is 2. The van der Waals surface area contributed by atoms with E-state index in [-0.39, 0.29) is 11.3 Å². The minimum atomic E-state index is -0.495. The molecule has 3 N–H and O–H groups in total. The van der Waals surface area contributed by atoms with Crippen LogP contribution in [0.3, 0.4) is 0 Å². The molecule has 1 amide bonds. The van der Waals surface area contributed by atoms with Gasteiger partial charge in [-0.2, -0.15) is 0 Å². The molecule has 0 aliphatic carbocycles. The summed E-state index contributed by atoms with van der Waals surface area (Å²) < 4.78 is 18.5. The monoisotopic (exact) mass is 274 g/mol. The Labute approximate surface area is 116 Å². The van der Waals surface area contributed by atoms with Crippen molar-refractivity contribution in [2.24, 2.45) is 0 Å². The maximum absolute atomic E-state index is 13.1. The van der Waals surface area contributed by atoms with Gasteiger partial charge in [0.15, 0.2) is 0 Å². The molecule has 2 aromatic rings. The molecule has 0 aromatic heterocycles. The maximum atomic E-state index is 13.1. The molecule has 2 aromatic carbocycles. The summed E-state index contributed by atoms with van der Waals surface area (Å²) >= 11 is 0. The summed E-state index contributed by atoms with van der Waals surface area (Å²) in [6, 6.07) is 13.0. The highest BCUT2D eigenvalue weighted by Crippen LogP contribution is 2.13. The summed E-state index contributed by atoms with van der Waals surface area (Å²) in [6.45, 7) is 0.634. The zero-order valence-corrected chi connectivity index (χ0v) is 10.8. The second-order valence-electron chi connectivity index (χ2n) is 4.15. The van der Waals surface area contributed by atoms with Gasteiger partial charge in [0.05, 0.1) is 12.1 Å². The predicted octanol–water partition coefficient (Wildman–Crippen LogP) is 2.22. The molecule has 0 spiro atoms. The van der Waals surface area contributed by atoms with Gasteiger partial charge in [-0.15, -0.1) is 0 Å². The van der Waals surface area contributed by atoms with Gasteiger partial charge in [-0.25, -0.2) is 4.39 Å². The topological polar surface area (TPSA) is 64.4 Å². The Bertz CT molecular complexity index is 588. The SMILES string of the molecule is Nc1ccc(F)cc1C(=O)NCCOc1ccccc1. The van der Waals surface area contributed by atoms with Gasteiger partial charge in [0.2, 0.25) is 0 Å². The summed E-state index contributed by atoms with van der Waals surface area (Å²) in [4.78, 5) is 11.8. The van der Waals surface area contributed by atoms with Gasteiger partial charge < -0.3 is 15.8 Å². The molecular formula is C15H15FN2O2. The van der Waals surface area contributed by atoms with Crippen LogP contribution in [0.5, 0.6) is 5.75 Å². The number of nitrogens with two attached hydrogens (primary N) is 1. The third-order valence-electron chi connectivity index (χ3n) is 2.66. The van der Waals surface area contributed by atoms with Gasteiger partial charge in [0, 0.05) is 5.69 Å². The van der Waals surface area contributed by atoms with E-state index in [2.05, 4.69) is 5.32 Å². The average molecular weight is 274 g/mol. The zero-order valence-electron chi connectivity index (χ0n) is 10.8. The Balaban J connectivity index is 1.82. The van der Waals surface area contributed by atoms with Crippen molar-refractivity contribution in [2.45, 2.75) is 0 Å². The molecule has 0 unspecified atom stereocenters. The quantitative estimate of drug-likeness (QED) is 0.649. The third-order valence-corrected chi connectivity index (χ3v) is 2.66. The van der Waals surface area contributed by atoms with Gasteiger partial charge in [0.1, 0.15) is 18.2 Å². The van der Waals surface area contributed by atoms with Crippen LogP contribution in [-0.2, 0) is 0 Å². The minimum Gasteiger partial charge on any atom is -0.492 e. The fourth-order valence-corrected chi connectivity index (χ4v) is 1.67. The molecule has 0 saturated heterocycles.